The summed E-state index contributed by atoms with van der Waals surface area (Å²) in [5, 5.41) is 10.0. The lowest BCUT2D eigenvalue weighted by Crippen LogP contribution is -2.63. The molecule has 0 aromatic rings. The fourth-order valence-corrected chi connectivity index (χ4v) is 6.55. The monoisotopic (exact) mass is 504 g/mol. The fraction of sp³-hybridized carbons (Fsp3) is 0.654. The molecular formula is C26H40N2O6Si. The third-order valence-electron chi connectivity index (χ3n) is 7.98. The van der Waals surface area contributed by atoms with Crippen molar-refractivity contribution in [2.24, 2.45) is 5.92 Å². The lowest BCUT2D eigenvalue weighted by atomic mass is 9.82. The Morgan fingerprint density at radius 2 is 1.97 bits per heavy atom. The number of rotatable bonds is 8. The molecule has 0 radical (unpaired) electrons. The second kappa shape index (κ2) is 9.93. The summed E-state index contributed by atoms with van der Waals surface area (Å²) in [6.07, 6.45) is 4.89. The van der Waals surface area contributed by atoms with Crippen molar-refractivity contribution in [1.29, 1.82) is 0 Å². The first kappa shape index (κ1) is 27.2. The number of carboxylic acid groups (broad SMARTS) is 1. The number of hydrogen-bond donors (Lipinski definition) is 1. The molecule has 3 aliphatic rings. The molecule has 0 aromatic carbocycles. The number of carboxylic acids is 1. The van der Waals surface area contributed by atoms with Gasteiger partial charge in [0.1, 0.15) is 12.3 Å². The highest BCUT2D eigenvalue weighted by Gasteiger charge is 2.58. The number of likely N-dealkylation sites (tertiary alicyclic amines) is 1. The van der Waals surface area contributed by atoms with E-state index in [0.717, 1.165) is 18.4 Å². The zero-order valence-corrected chi connectivity index (χ0v) is 23.1. The van der Waals surface area contributed by atoms with Crippen LogP contribution >= 0.6 is 0 Å². The van der Waals surface area contributed by atoms with Gasteiger partial charge in [-0.05, 0) is 62.4 Å². The highest BCUT2D eigenvalue weighted by atomic mass is 28.4. The number of ether oxygens (including phenoxy) is 1. The Balaban J connectivity index is 1.81. The van der Waals surface area contributed by atoms with Crippen LogP contribution in [0.15, 0.2) is 35.6 Å². The highest BCUT2D eigenvalue weighted by molar-refractivity contribution is 6.74. The van der Waals surface area contributed by atoms with Gasteiger partial charge in [0.15, 0.2) is 8.32 Å². The van der Waals surface area contributed by atoms with Crippen molar-refractivity contribution in [2.75, 3.05) is 13.2 Å². The predicted molar refractivity (Wildman–Crippen MR) is 136 cm³/mol. The zero-order valence-electron chi connectivity index (χ0n) is 22.1. The van der Waals surface area contributed by atoms with Crippen LogP contribution in [0.4, 0.5) is 4.79 Å². The number of β-lactam (4-membered cyclic amide) rings is 1. The first-order chi connectivity index (χ1) is 16.2. The number of hydrogen-bond acceptors (Lipinski definition) is 5. The van der Waals surface area contributed by atoms with Gasteiger partial charge in [-0.2, -0.15) is 0 Å². The number of carbonyl (C=O) groups excluding carboxylic acids is 2. The molecule has 2 saturated heterocycles. The van der Waals surface area contributed by atoms with Crippen molar-refractivity contribution < 1.29 is 28.7 Å². The molecule has 1 N–H and O–H groups in total. The Morgan fingerprint density at radius 1 is 1.31 bits per heavy atom. The van der Waals surface area contributed by atoms with E-state index in [1.54, 1.807) is 4.90 Å². The van der Waals surface area contributed by atoms with Crippen molar-refractivity contribution in [1.82, 2.24) is 9.80 Å². The Bertz CT molecular complexity index is 963. The molecule has 0 unspecified atom stereocenters. The van der Waals surface area contributed by atoms with Crippen LogP contribution in [-0.4, -0.2) is 72.5 Å². The van der Waals surface area contributed by atoms with E-state index in [-0.39, 0.29) is 47.4 Å². The molecule has 194 valence electrons. The van der Waals surface area contributed by atoms with Crippen LogP contribution in [0.1, 0.15) is 53.9 Å². The van der Waals surface area contributed by atoms with Gasteiger partial charge in [0.25, 0.3) is 0 Å². The second-order valence-corrected chi connectivity index (χ2v) is 16.1. The van der Waals surface area contributed by atoms with Crippen LogP contribution in [0.3, 0.4) is 0 Å². The number of fused-ring (bicyclic) bond motifs is 1. The maximum absolute atomic E-state index is 13.2. The molecule has 3 rings (SSSR count). The lowest BCUT2D eigenvalue weighted by molar-refractivity contribution is -0.160. The summed E-state index contributed by atoms with van der Waals surface area (Å²) in [5.41, 5.74) is 1.50. The molecule has 2 fully saturated rings. The molecule has 3 aliphatic heterocycles. The average Bonchev–Trinajstić information content (AvgIpc) is 3.33. The largest absolute Gasteiger partial charge is 0.477 e. The molecule has 4 atom stereocenters. The topological polar surface area (TPSA) is 96.4 Å². The number of aliphatic carboxylic acids is 1. The molecule has 8 nitrogen and oxygen atoms in total. The van der Waals surface area contributed by atoms with Gasteiger partial charge < -0.3 is 24.1 Å². The summed E-state index contributed by atoms with van der Waals surface area (Å²) >= 11 is 0. The second-order valence-electron chi connectivity index (χ2n) is 11.3. The minimum Gasteiger partial charge on any atom is -0.477 e. The first-order valence-corrected chi connectivity index (χ1v) is 15.3. The standard InChI is InChI=1S/C26H40N2O6Si/c1-9-13-33-25(32)27-12-10-11-18(27)14-16(2)19-15-20-21(23(29)28(20)22(19)24(30)31)17(3)34-35(7,8)26(4,5)6/h9,14,17-18,20-21H,1,10-13,15H2,2-8H3,(H,30,31)/b16-14-/t17-,18+,20-,21-/m1/s1. The van der Waals surface area contributed by atoms with Gasteiger partial charge in [0.05, 0.1) is 24.1 Å². The number of carbonyl (C=O) groups is 3. The molecule has 0 aromatic heterocycles. The molecule has 0 spiro atoms. The normalized spacial score (nSPS) is 26.0. The Kier molecular flexibility index (Phi) is 7.72. The quantitative estimate of drug-likeness (QED) is 0.292. The summed E-state index contributed by atoms with van der Waals surface area (Å²) in [7, 11) is -2.08. The molecule has 2 amide bonds. The van der Waals surface area contributed by atoms with Crippen LogP contribution in [-0.2, 0) is 18.8 Å². The fourth-order valence-electron chi connectivity index (χ4n) is 5.12. The van der Waals surface area contributed by atoms with E-state index in [9.17, 15) is 19.5 Å². The van der Waals surface area contributed by atoms with E-state index in [2.05, 4.69) is 40.4 Å². The molecule has 9 heteroatoms. The maximum atomic E-state index is 13.2. The van der Waals surface area contributed by atoms with Gasteiger partial charge in [0, 0.05) is 6.54 Å². The highest BCUT2D eigenvalue weighted by Crippen LogP contribution is 2.48. The third kappa shape index (κ3) is 5.11. The lowest BCUT2D eigenvalue weighted by Gasteiger charge is -2.48. The summed E-state index contributed by atoms with van der Waals surface area (Å²) in [4.78, 5) is 40.9. The minimum absolute atomic E-state index is 0.0123. The van der Waals surface area contributed by atoms with Gasteiger partial charge in [0.2, 0.25) is 5.91 Å². The Morgan fingerprint density at radius 3 is 2.54 bits per heavy atom. The maximum Gasteiger partial charge on any atom is 0.410 e. The predicted octanol–water partition coefficient (Wildman–Crippen LogP) is 4.70. The van der Waals surface area contributed by atoms with Crippen LogP contribution in [0.25, 0.3) is 0 Å². The molecule has 0 saturated carbocycles. The SMILES string of the molecule is C=CCOC(=O)N1CCC[C@H]1/C=C(/C)C1=C(C(=O)O)N2C(=O)[C@H]([C@@H](C)O[Si](C)(C)C(C)(C)C)[C@H]2C1. The van der Waals surface area contributed by atoms with Crippen LogP contribution < -0.4 is 0 Å². The molecule has 3 heterocycles. The van der Waals surface area contributed by atoms with Crippen molar-refractivity contribution in [3.05, 3.63) is 35.6 Å². The van der Waals surface area contributed by atoms with E-state index < -0.39 is 20.4 Å². The molecule has 0 bridgehead atoms. The van der Waals surface area contributed by atoms with Gasteiger partial charge in [-0.15, -0.1) is 0 Å². The Labute approximate surface area is 209 Å². The number of nitrogens with zero attached hydrogens (tertiary/aromatic N) is 2. The summed E-state index contributed by atoms with van der Waals surface area (Å²) in [6.45, 7) is 18.9. The van der Waals surface area contributed by atoms with Crippen molar-refractivity contribution in [3.8, 4) is 0 Å². The Hall–Kier alpha value is -2.39. The van der Waals surface area contributed by atoms with Crippen molar-refractivity contribution in [3.63, 3.8) is 0 Å². The van der Waals surface area contributed by atoms with E-state index in [1.807, 2.05) is 19.9 Å². The summed E-state index contributed by atoms with van der Waals surface area (Å²) in [6, 6.07) is -0.389. The first-order valence-electron chi connectivity index (χ1n) is 12.4. The van der Waals surface area contributed by atoms with Gasteiger partial charge in [-0.3, -0.25) is 4.79 Å². The number of allylic oxidation sites excluding steroid dienone is 1. The summed E-state index contributed by atoms with van der Waals surface area (Å²) in [5.74, 6) is -1.65. The van der Waals surface area contributed by atoms with E-state index in [1.165, 1.54) is 11.0 Å². The smallest absolute Gasteiger partial charge is 0.410 e. The zero-order chi connectivity index (χ0) is 26.3. The van der Waals surface area contributed by atoms with Crippen molar-refractivity contribution in [2.45, 2.75) is 90.2 Å². The van der Waals surface area contributed by atoms with Crippen LogP contribution in [0, 0.1) is 5.92 Å². The third-order valence-corrected chi connectivity index (χ3v) is 12.6. The molecular weight excluding hydrogens is 464 g/mol. The van der Waals surface area contributed by atoms with E-state index in [0.29, 0.717) is 18.5 Å². The van der Waals surface area contributed by atoms with Gasteiger partial charge in [-0.25, -0.2) is 9.59 Å². The van der Waals surface area contributed by atoms with Gasteiger partial charge in [-0.1, -0.05) is 39.5 Å². The summed E-state index contributed by atoms with van der Waals surface area (Å²) < 4.78 is 11.7. The average molecular weight is 505 g/mol. The van der Waals surface area contributed by atoms with Gasteiger partial charge >= 0.3 is 12.1 Å². The van der Waals surface area contributed by atoms with Crippen molar-refractivity contribution >= 4 is 26.3 Å². The van der Waals surface area contributed by atoms with Crippen LogP contribution in [0.5, 0.6) is 0 Å². The molecule has 35 heavy (non-hydrogen) atoms. The minimum atomic E-state index is -2.08. The van der Waals surface area contributed by atoms with Crippen LogP contribution in [0.2, 0.25) is 18.1 Å². The number of amides is 2. The van der Waals surface area contributed by atoms with E-state index >= 15 is 0 Å². The van der Waals surface area contributed by atoms with E-state index in [4.69, 9.17) is 9.16 Å². The molecule has 0 aliphatic carbocycles.